The van der Waals surface area contributed by atoms with Crippen LogP contribution in [0, 0.1) is 0 Å². The van der Waals surface area contributed by atoms with E-state index < -0.39 is 6.10 Å². The van der Waals surface area contributed by atoms with Gasteiger partial charge in [-0.15, -0.1) is 0 Å². The third-order valence-electron chi connectivity index (χ3n) is 6.60. The van der Waals surface area contributed by atoms with Crippen molar-refractivity contribution in [3.8, 4) is 0 Å². The van der Waals surface area contributed by atoms with Crippen LogP contribution in [0.5, 0.6) is 0 Å². The summed E-state index contributed by atoms with van der Waals surface area (Å²) in [6.07, 6.45) is 5.96. The number of aliphatic hydroxyl groups is 1. The van der Waals surface area contributed by atoms with Gasteiger partial charge in [-0.1, -0.05) is 0 Å². The van der Waals surface area contributed by atoms with Gasteiger partial charge >= 0.3 is 0 Å². The molecule has 3 aromatic rings. The summed E-state index contributed by atoms with van der Waals surface area (Å²) in [6, 6.07) is 4.98. The molecule has 2 saturated carbocycles. The lowest BCUT2D eigenvalue weighted by Gasteiger charge is -2.36. The third kappa shape index (κ3) is 3.72. The molecule has 5 rings (SSSR count). The fourth-order valence-electron chi connectivity index (χ4n) is 4.31. The Hall–Kier alpha value is -3.44. The number of carbonyl (C=O) groups excluding carboxylic acids is 1. The minimum absolute atomic E-state index is 0.0135. The van der Waals surface area contributed by atoms with Gasteiger partial charge in [0.1, 0.15) is 22.9 Å². The lowest BCUT2D eigenvalue weighted by atomic mass is 9.88. The van der Waals surface area contributed by atoms with E-state index in [1.54, 1.807) is 37.1 Å². The largest absolute Gasteiger partial charge is 0.391 e. The first-order valence-electron chi connectivity index (χ1n) is 11.1. The summed E-state index contributed by atoms with van der Waals surface area (Å²) >= 11 is 0. The van der Waals surface area contributed by atoms with Gasteiger partial charge in [0.05, 0.1) is 30.5 Å². The number of nitrogens with zero attached hydrogens (tertiary/aromatic N) is 4. The molecule has 0 aromatic carbocycles. The fraction of sp³-hybridized carbons (Fsp3) is 0.455. The normalized spacial score (nSPS) is 24.1. The highest BCUT2D eigenvalue weighted by molar-refractivity contribution is 6.00. The maximum atomic E-state index is 13.1. The van der Waals surface area contributed by atoms with E-state index in [1.807, 2.05) is 6.07 Å². The summed E-state index contributed by atoms with van der Waals surface area (Å²) in [5.41, 5.74) is 0.839. The summed E-state index contributed by atoms with van der Waals surface area (Å²) in [4.78, 5) is 30.5. The standard InChI is InChI=1S/C22H27N7O4/c1-23-19-10-18(25-14-4-3-9-28(22(14)32)15-6-8-17(15)33-2)27-20-12(11-24-29(19)20)21(31)26-13-5-7-16(13)30/h3-4,9-11,13,15-17,23,30H,5-8H2,1-2H3,(H,25,27)(H,26,31)/t13?,15-,16-,17-/m0/s1. The van der Waals surface area contributed by atoms with Crippen LogP contribution in [0.4, 0.5) is 17.3 Å². The van der Waals surface area contributed by atoms with Crippen molar-refractivity contribution in [1.82, 2.24) is 24.5 Å². The molecule has 11 heteroatoms. The Morgan fingerprint density at radius 1 is 1.27 bits per heavy atom. The van der Waals surface area contributed by atoms with Gasteiger partial charge in [-0.05, 0) is 37.8 Å². The minimum atomic E-state index is -0.525. The van der Waals surface area contributed by atoms with Crippen LogP contribution in [0.3, 0.4) is 0 Å². The van der Waals surface area contributed by atoms with Crippen molar-refractivity contribution in [2.24, 2.45) is 0 Å². The number of aliphatic hydroxyl groups excluding tert-OH is 1. The van der Waals surface area contributed by atoms with Gasteiger partial charge in [0.2, 0.25) is 0 Å². The zero-order valence-electron chi connectivity index (χ0n) is 18.5. The predicted octanol–water partition coefficient (Wildman–Crippen LogP) is 1.28. The van der Waals surface area contributed by atoms with Crippen LogP contribution in [0.25, 0.3) is 5.65 Å². The van der Waals surface area contributed by atoms with E-state index >= 15 is 0 Å². The van der Waals surface area contributed by atoms with Crippen LogP contribution in [0.1, 0.15) is 42.1 Å². The number of aromatic nitrogens is 4. The van der Waals surface area contributed by atoms with Gasteiger partial charge in [-0.25, -0.2) is 4.98 Å². The third-order valence-corrected chi connectivity index (χ3v) is 6.60. The number of carbonyl (C=O) groups is 1. The zero-order valence-corrected chi connectivity index (χ0v) is 18.5. The van der Waals surface area contributed by atoms with E-state index in [0.29, 0.717) is 29.4 Å². The van der Waals surface area contributed by atoms with Gasteiger partial charge in [0.25, 0.3) is 11.5 Å². The molecule has 174 valence electrons. The SMILES string of the molecule is CNc1cc(Nc2cccn([C@H]3CC[C@@H]3OC)c2=O)nc2c(C(=O)NC3CC[C@@H]3O)cnn12. The number of hydrogen-bond acceptors (Lipinski definition) is 8. The molecule has 3 aromatic heterocycles. The molecule has 0 radical (unpaired) electrons. The lowest BCUT2D eigenvalue weighted by Crippen LogP contribution is -2.50. The van der Waals surface area contributed by atoms with Gasteiger partial charge < -0.3 is 30.4 Å². The fourth-order valence-corrected chi connectivity index (χ4v) is 4.31. The summed E-state index contributed by atoms with van der Waals surface area (Å²) in [6.45, 7) is 0. The Morgan fingerprint density at radius 2 is 2.12 bits per heavy atom. The van der Waals surface area contributed by atoms with Crippen LogP contribution in [0.2, 0.25) is 0 Å². The maximum absolute atomic E-state index is 13.1. The van der Waals surface area contributed by atoms with E-state index in [0.717, 1.165) is 19.3 Å². The smallest absolute Gasteiger partial charge is 0.274 e. The first-order valence-corrected chi connectivity index (χ1v) is 11.1. The van der Waals surface area contributed by atoms with Gasteiger partial charge in [0.15, 0.2) is 5.65 Å². The molecule has 4 atom stereocenters. The number of fused-ring (bicyclic) bond motifs is 1. The molecule has 1 amide bonds. The van der Waals surface area contributed by atoms with Crippen LogP contribution >= 0.6 is 0 Å². The molecule has 0 aliphatic heterocycles. The van der Waals surface area contributed by atoms with Crippen LogP contribution in [-0.4, -0.2) is 62.6 Å². The number of ether oxygens (including phenoxy) is 1. The molecule has 0 spiro atoms. The number of amides is 1. The van der Waals surface area contributed by atoms with E-state index in [2.05, 4.69) is 26.0 Å². The monoisotopic (exact) mass is 453 g/mol. The van der Waals surface area contributed by atoms with Gasteiger partial charge in [-0.3, -0.25) is 9.59 Å². The van der Waals surface area contributed by atoms with Crippen molar-refractivity contribution in [2.45, 2.75) is 50.0 Å². The van der Waals surface area contributed by atoms with E-state index in [1.165, 1.54) is 10.7 Å². The second-order valence-corrected chi connectivity index (χ2v) is 8.47. The zero-order chi connectivity index (χ0) is 23.1. The minimum Gasteiger partial charge on any atom is -0.391 e. The van der Waals surface area contributed by atoms with Crippen molar-refractivity contribution in [3.63, 3.8) is 0 Å². The lowest BCUT2D eigenvalue weighted by molar-refractivity contribution is -0.0103. The topological polar surface area (TPSA) is 135 Å². The van der Waals surface area contributed by atoms with Crippen molar-refractivity contribution in [1.29, 1.82) is 0 Å². The molecule has 4 N–H and O–H groups in total. The number of anilines is 3. The van der Waals surface area contributed by atoms with Crippen molar-refractivity contribution in [3.05, 3.63) is 46.5 Å². The second kappa shape index (κ2) is 8.49. The molecule has 33 heavy (non-hydrogen) atoms. The maximum Gasteiger partial charge on any atom is 0.274 e. The summed E-state index contributed by atoms with van der Waals surface area (Å²) in [5, 5.41) is 23.0. The highest BCUT2D eigenvalue weighted by Crippen LogP contribution is 2.33. The number of methoxy groups -OCH3 is 1. The molecule has 0 saturated heterocycles. The molecule has 0 bridgehead atoms. The molecule has 2 aliphatic rings. The summed E-state index contributed by atoms with van der Waals surface area (Å²) in [7, 11) is 3.40. The number of hydrogen-bond donors (Lipinski definition) is 4. The van der Waals surface area contributed by atoms with Crippen LogP contribution < -0.4 is 21.5 Å². The number of nitrogens with one attached hydrogen (secondary N) is 3. The quantitative estimate of drug-likeness (QED) is 0.420. The Balaban J connectivity index is 1.46. The second-order valence-electron chi connectivity index (χ2n) is 8.47. The average Bonchev–Trinajstić information content (AvgIpc) is 3.22. The Morgan fingerprint density at radius 3 is 2.76 bits per heavy atom. The van der Waals surface area contributed by atoms with Crippen molar-refractivity contribution < 1.29 is 14.6 Å². The molecule has 2 aliphatic carbocycles. The molecule has 2 fully saturated rings. The molecule has 11 nitrogen and oxygen atoms in total. The highest BCUT2D eigenvalue weighted by Gasteiger charge is 2.33. The number of pyridine rings is 1. The van der Waals surface area contributed by atoms with E-state index in [-0.39, 0.29) is 35.2 Å². The van der Waals surface area contributed by atoms with Crippen LogP contribution in [0.15, 0.2) is 35.4 Å². The van der Waals surface area contributed by atoms with Gasteiger partial charge in [-0.2, -0.15) is 9.61 Å². The Kier molecular flexibility index (Phi) is 5.51. The number of rotatable bonds is 7. The molecular weight excluding hydrogens is 426 g/mol. The summed E-state index contributed by atoms with van der Waals surface area (Å²) in [5.74, 6) is 0.648. The van der Waals surface area contributed by atoms with Crippen molar-refractivity contribution >= 4 is 28.9 Å². The Labute approximate surface area is 189 Å². The first-order chi connectivity index (χ1) is 16.0. The first kappa shape index (κ1) is 21.4. The molecule has 1 unspecified atom stereocenters. The van der Waals surface area contributed by atoms with E-state index in [9.17, 15) is 14.7 Å². The predicted molar refractivity (Wildman–Crippen MR) is 122 cm³/mol. The Bertz CT molecular complexity index is 1250. The van der Waals surface area contributed by atoms with Crippen molar-refractivity contribution in [2.75, 3.05) is 24.8 Å². The van der Waals surface area contributed by atoms with E-state index in [4.69, 9.17) is 4.74 Å². The van der Waals surface area contributed by atoms with Crippen LogP contribution in [-0.2, 0) is 4.74 Å². The highest BCUT2D eigenvalue weighted by atomic mass is 16.5. The summed E-state index contributed by atoms with van der Waals surface area (Å²) < 4.78 is 8.67. The van der Waals surface area contributed by atoms with Gasteiger partial charge in [0, 0.05) is 26.4 Å². The molecular formula is C22H27N7O4. The average molecular weight is 454 g/mol. The molecule has 3 heterocycles.